The average Bonchev–Trinajstić information content (AvgIpc) is 2.86. The molecule has 0 bridgehead atoms. The van der Waals surface area contributed by atoms with Gasteiger partial charge in [-0.2, -0.15) is 0 Å². The fraction of sp³-hybridized carbons (Fsp3) is 0.308. The Labute approximate surface area is 121 Å². The Bertz CT molecular complexity index is 623. The zero-order valence-electron chi connectivity index (χ0n) is 11.2. The summed E-state index contributed by atoms with van der Waals surface area (Å²) in [5, 5.41) is 18.0. The number of hydrogen-bond acceptors (Lipinski definition) is 4. The molecule has 0 radical (unpaired) electrons. The molecule has 1 aromatic carbocycles. The summed E-state index contributed by atoms with van der Waals surface area (Å²) >= 11 is 6.09. The SMILES string of the molecule is CCN(CC)c1nn(-c2ccccc2Cl)nc1C(=O)O. The fourth-order valence-electron chi connectivity index (χ4n) is 1.90. The molecule has 1 heterocycles. The molecule has 106 valence electrons. The monoisotopic (exact) mass is 294 g/mol. The Hall–Kier alpha value is -2.08. The van der Waals surface area contributed by atoms with Crippen LogP contribution in [0.1, 0.15) is 24.3 Å². The lowest BCUT2D eigenvalue weighted by Gasteiger charge is -2.17. The summed E-state index contributed by atoms with van der Waals surface area (Å²) in [6, 6.07) is 7.03. The number of carboxylic acid groups (broad SMARTS) is 1. The number of aromatic carboxylic acids is 1. The summed E-state index contributed by atoms with van der Waals surface area (Å²) in [5.41, 5.74) is 0.476. The maximum atomic E-state index is 11.3. The van der Waals surface area contributed by atoms with Crippen molar-refractivity contribution < 1.29 is 9.90 Å². The van der Waals surface area contributed by atoms with E-state index >= 15 is 0 Å². The minimum Gasteiger partial charge on any atom is -0.476 e. The fourth-order valence-corrected chi connectivity index (χ4v) is 2.11. The lowest BCUT2D eigenvalue weighted by atomic mass is 10.3. The number of carbonyl (C=O) groups is 1. The van der Waals surface area contributed by atoms with Crippen molar-refractivity contribution in [3.8, 4) is 5.69 Å². The Balaban J connectivity index is 2.55. The molecule has 1 aromatic heterocycles. The number of aromatic nitrogens is 3. The molecule has 0 spiro atoms. The van der Waals surface area contributed by atoms with Gasteiger partial charge in [-0.3, -0.25) is 0 Å². The minimum atomic E-state index is -1.11. The molecule has 7 heteroatoms. The predicted molar refractivity (Wildman–Crippen MR) is 76.9 cm³/mol. The van der Waals surface area contributed by atoms with Gasteiger partial charge in [0, 0.05) is 13.1 Å². The highest BCUT2D eigenvalue weighted by molar-refractivity contribution is 6.32. The van der Waals surface area contributed by atoms with E-state index in [0.717, 1.165) is 0 Å². The summed E-state index contributed by atoms with van der Waals surface area (Å²) in [6.45, 7) is 5.17. The largest absolute Gasteiger partial charge is 0.476 e. The van der Waals surface area contributed by atoms with E-state index in [9.17, 15) is 9.90 Å². The van der Waals surface area contributed by atoms with Crippen molar-refractivity contribution in [3.05, 3.63) is 35.0 Å². The molecule has 0 amide bonds. The predicted octanol–water partition coefficient (Wildman–Crippen LogP) is 2.47. The van der Waals surface area contributed by atoms with E-state index in [1.807, 2.05) is 18.7 Å². The number of para-hydroxylation sites is 1. The number of halogens is 1. The molecular weight excluding hydrogens is 280 g/mol. The lowest BCUT2D eigenvalue weighted by Crippen LogP contribution is -2.24. The van der Waals surface area contributed by atoms with Gasteiger partial charge >= 0.3 is 5.97 Å². The third-order valence-corrected chi connectivity index (χ3v) is 3.25. The third kappa shape index (κ3) is 2.60. The first-order valence-electron chi connectivity index (χ1n) is 6.29. The van der Waals surface area contributed by atoms with E-state index < -0.39 is 5.97 Å². The highest BCUT2D eigenvalue weighted by Gasteiger charge is 2.22. The molecule has 0 aliphatic rings. The molecule has 2 aromatic rings. The summed E-state index contributed by atoms with van der Waals surface area (Å²) in [6.07, 6.45) is 0. The number of benzene rings is 1. The quantitative estimate of drug-likeness (QED) is 0.917. The maximum Gasteiger partial charge on any atom is 0.360 e. The first-order chi connectivity index (χ1) is 9.58. The highest BCUT2D eigenvalue weighted by atomic mass is 35.5. The first kappa shape index (κ1) is 14.3. The van der Waals surface area contributed by atoms with E-state index in [4.69, 9.17) is 11.6 Å². The number of carboxylic acids is 1. The van der Waals surface area contributed by atoms with Crippen molar-refractivity contribution in [1.29, 1.82) is 0 Å². The molecule has 0 aliphatic carbocycles. The van der Waals surface area contributed by atoms with Crippen LogP contribution in [0.5, 0.6) is 0 Å². The van der Waals surface area contributed by atoms with Gasteiger partial charge in [-0.05, 0) is 26.0 Å². The van der Waals surface area contributed by atoms with E-state index in [0.29, 0.717) is 29.6 Å². The molecule has 2 rings (SSSR count). The van der Waals surface area contributed by atoms with Crippen LogP contribution >= 0.6 is 11.6 Å². The third-order valence-electron chi connectivity index (χ3n) is 2.93. The zero-order chi connectivity index (χ0) is 14.7. The molecule has 0 saturated carbocycles. The molecule has 0 unspecified atom stereocenters. The molecule has 0 saturated heterocycles. The molecule has 6 nitrogen and oxygen atoms in total. The Morgan fingerprint density at radius 3 is 2.50 bits per heavy atom. The number of hydrogen-bond donors (Lipinski definition) is 1. The molecule has 1 N–H and O–H groups in total. The van der Waals surface area contributed by atoms with Crippen LogP contribution in [-0.4, -0.2) is 39.2 Å². The van der Waals surface area contributed by atoms with Crippen molar-refractivity contribution in [2.24, 2.45) is 0 Å². The smallest absolute Gasteiger partial charge is 0.360 e. The van der Waals surface area contributed by atoms with Gasteiger partial charge in [-0.1, -0.05) is 23.7 Å². The van der Waals surface area contributed by atoms with Crippen molar-refractivity contribution in [2.75, 3.05) is 18.0 Å². The van der Waals surface area contributed by atoms with E-state index in [1.54, 1.807) is 24.3 Å². The van der Waals surface area contributed by atoms with E-state index in [2.05, 4.69) is 10.2 Å². The van der Waals surface area contributed by atoms with Gasteiger partial charge in [0.15, 0.2) is 5.82 Å². The van der Waals surface area contributed by atoms with Crippen LogP contribution in [0.15, 0.2) is 24.3 Å². The highest BCUT2D eigenvalue weighted by Crippen LogP contribution is 2.22. The minimum absolute atomic E-state index is 0.0754. The second-order valence-corrected chi connectivity index (χ2v) is 4.50. The van der Waals surface area contributed by atoms with Crippen molar-refractivity contribution in [3.63, 3.8) is 0 Å². The van der Waals surface area contributed by atoms with E-state index in [-0.39, 0.29) is 5.69 Å². The molecule has 20 heavy (non-hydrogen) atoms. The average molecular weight is 295 g/mol. The van der Waals surface area contributed by atoms with Crippen molar-refractivity contribution in [1.82, 2.24) is 15.0 Å². The van der Waals surface area contributed by atoms with Crippen LogP contribution in [0.25, 0.3) is 5.69 Å². The second-order valence-electron chi connectivity index (χ2n) is 4.09. The van der Waals surface area contributed by atoms with Gasteiger partial charge in [0.2, 0.25) is 5.69 Å². The summed E-state index contributed by atoms with van der Waals surface area (Å²) in [7, 11) is 0. The molecule has 0 fully saturated rings. The zero-order valence-corrected chi connectivity index (χ0v) is 12.0. The standard InChI is InChI=1S/C13H15ClN4O2/c1-3-17(4-2)12-11(13(19)20)15-18(16-12)10-8-6-5-7-9(10)14/h5-8H,3-4H2,1-2H3,(H,19,20). The van der Waals surface area contributed by atoms with Crippen LogP contribution in [0.4, 0.5) is 5.82 Å². The Kier molecular flexibility index (Phi) is 4.24. The van der Waals surface area contributed by atoms with Gasteiger partial charge in [0.1, 0.15) is 5.69 Å². The van der Waals surface area contributed by atoms with Crippen LogP contribution < -0.4 is 4.90 Å². The topological polar surface area (TPSA) is 71.2 Å². The Morgan fingerprint density at radius 2 is 1.95 bits per heavy atom. The Morgan fingerprint density at radius 1 is 1.30 bits per heavy atom. The van der Waals surface area contributed by atoms with E-state index in [1.165, 1.54) is 4.80 Å². The normalized spacial score (nSPS) is 10.6. The summed E-state index contributed by atoms with van der Waals surface area (Å²) < 4.78 is 0. The maximum absolute atomic E-state index is 11.3. The lowest BCUT2D eigenvalue weighted by molar-refractivity contribution is 0.0690. The first-order valence-corrected chi connectivity index (χ1v) is 6.66. The summed E-state index contributed by atoms with van der Waals surface area (Å²) in [4.78, 5) is 14.4. The van der Waals surface area contributed by atoms with Gasteiger partial charge < -0.3 is 10.0 Å². The molecule has 0 atom stereocenters. The van der Waals surface area contributed by atoms with Crippen LogP contribution in [0.2, 0.25) is 5.02 Å². The number of anilines is 1. The van der Waals surface area contributed by atoms with Crippen molar-refractivity contribution >= 4 is 23.4 Å². The van der Waals surface area contributed by atoms with Crippen LogP contribution in [0.3, 0.4) is 0 Å². The number of nitrogens with zero attached hydrogens (tertiary/aromatic N) is 4. The van der Waals surface area contributed by atoms with Gasteiger partial charge in [-0.15, -0.1) is 15.0 Å². The van der Waals surface area contributed by atoms with Crippen LogP contribution in [0, 0.1) is 0 Å². The van der Waals surface area contributed by atoms with Crippen molar-refractivity contribution in [2.45, 2.75) is 13.8 Å². The van der Waals surface area contributed by atoms with Crippen LogP contribution in [-0.2, 0) is 0 Å². The number of rotatable bonds is 5. The summed E-state index contributed by atoms with van der Waals surface area (Å²) in [5.74, 6) is -0.757. The van der Waals surface area contributed by atoms with Gasteiger partial charge in [0.05, 0.1) is 5.02 Å². The van der Waals surface area contributed by atoms with Gasteiger partial charge in [0.25, 0.3) is 0 Å². The molecule has 0 aliphatic heterocycles. The van der Waals surface area contributed by atoms with Gasteiger partial charge in [-0.25, -0.2) is 4.79 Å². The molecular formula is C13H15ClN4O2. The second kappa shape index (κ2) is 5.92.